The number of carbonyl (C=O) groups excluding carboxylic acids is 2. The van der Waals surface area contributed by atoms with Crippen LogP contribution in [0.5, 0.6) is 0 Å². The second-order valence-corrected chi connectivity index (χ2v) is 7.46. The maximum atomic E-state index is 12.8. The summed E-state index contributed by atoms with van der Waals surface area (Å²) in [4.78, 5) is 31.4. The number of aliphatic imine (C=N–C) groups is 1. The van der Waals surface area contributed by atoms with Crippen molar-refractivity contribution in [3.05, 3.63) is 66.2 Å². The molecule has 0 aliphatic carbocycles. The molecule has 27 heavy (non-hydrogen) atoms. The predicted molar refractivity (Wildman–Crippen MR) is 110 cm³/mol. The Balaban J connectivity index is 1.64. The standard InChI is InChI=1S/C21H23N3O2S/c1-2-13-24-20(26)18(27-21(24)23-17-11-7-4-8-12-17)14-19(25)22-15-16-9-5-3-6-10-16/h3-12,18H,2,13-15H2,1H3,(H,22,25). The zero-order valence-electron chi connectivity index (χ0n) is 15.3. The average Bonchev–Trinajstić information content (AvgIpc) is 2.97. The first-order valence-electron chi connectivity index (χ1n) is 9.09. The van der Waals surface area contributed by atoms with E-state index in [1.54, 1.807) is 4.90 Å². The lowest BCUT2D eigenvalue weighted by atomic mass is 10.2. The second kappa shape index (κ2) is 9.37. The Bertz CT molecular complexity index is 809. The molecule has 1 unspecified atom stereocenters. The first-order valence-corrected chi connectivity index (χ1v) is 9.97. The summed E-state index contributed by atoms with van der Waals surface area (Å²) in [5.41, 5.74) is 1.85. The van der Waals surface area contributed by atoms with Crippen molar-refractivity contribution in [2.45, 2.75) is 31.6 Å². The van der Waals surface area contributed by atoms with E-state index in [-0.39, 0.29) is 18.2 Å². The van der Waals surface area contributed by atoms with Crippen molar-refractivity contribution in [3.8, 4) is 0 Å². The van der Waals surface area contributed by atoms with Crippen molar-refractivity contribution in [3.63, 3.8) is 0 Å². The summed E-state index contributed by atoms with van der Waals surface area (Å²) in [6, 6.07) is 19.3. The first-order chi connectivity index (χ1) is 13.2. The van der Waals surface area contributed by atoms with Crippen LogP contribution in [0.3, 0.4) is 0 Å². The Morgan fingerprint density at radius 2 is 1.78 bits per heavy atom. The fourth-order valence-corrected chi connectivity index (χ4v) is 3.99. The van der Waals surface area contributed by atoms with E-state index in [0.717, 1.165) is 17.7 Å². The molecule has 0 saturated carbocycles. The molecule has 2 amide bonds. The number of hydrogen-bond acceptors (Lipinski definition) is 4. The molecule has 0 aromatic heterocycles. The largest absolute Gasteiger partial charge is 0.352 e. The highest BCUT2D eigenvalue weighted by molar-refractivity contribution is 8.15. The van der Waals surface area contributed by atoms with Crippen LogP contribution in [0.25, 0.3) is 0 Å². The van der Waals surface area contributed by atoms with E-state index in [4.69, 9.17) is 0 Å². The summed E-state index contributed by atoms with van der Waals surface area (Å²) in [6.45, 7) is 3.10. The molecule has 2 aromatic carbocycles. The molecule has 1 atom stereocenters. The Morgan fingerprint density at radius 1 is 1.11 bits per heavy atom. The molecule has 1 heterocycles. The molecule has 0 spiro atoms. The third-order valence-electron chi connectivity index (χ3n) is 4.15. The fourth-order valence-electron chi connectivity index (χ4n) is 2.80. The van der Waals surface area contributed by atoms with Gasteiger partial charge in [0.2, 0.25) is 11.8 Å². The highest BCUT2D eigenvalue weighted by Gasteiger charge is 2.38. The van der Waals surface area contributed by atoms with E-state index in [9.17, 15) is 9.59 Å². The van der Waals surface area contributed by atoms with Gasteiger partial charge in [0, 0.05) is 19.5 Å². The zero-order valence-corrected chi connectivity index (χ0v) is 16.1. The van der Waals surface area contributed by atoms with Crippen LogP contribution in [0.2, 0.25) is 0 Å². The normalized spacial score (nSPS) is 18.1. The summed E-state index contributed by atoms with van der Waals surface area (Å²) in [5, 5.41) is 3.15. The SMILES string of the molecule is CCCN1C(=O)C(CC(=O)NCc2ccccc2)SC1=Nc1ccccc1. The molecule has 1 N–H and O–H groups in total. The smallest absolute Gasteiger partial charge is 0.242 e. The Morgan fingerprint density at radius 3 is 2.44 bits per heavy atom. The molecule has 2 aromatic rings. The number of nitrogens with zero attached hydrogens (tertiary/aromatic N) is 2. The van der Waals surface area contributed by atoms with E-state index in [1.165, 1.54) is 11.8 Å². The second-order valence-electron chi connectivity index (χ2n) is 6.29. The number of thioether (sulfide) groups is 1. The van der Waals surface area contributed by atoms with Gasteiger partial charge < -0.3 is 5.32 Å². The maximum Gasteiger partial charge on any atom is 0.242 e. The van der Waals surface area contributed by atoms with Gasteiger partial charge in [-0.1, -0.05) is 67.2 Å². The Kier molecular flexibility index (Phi) is 6.65. The molecule has 6 heteroatoms. The fraction of sp³-hybridized carbons (Fsp3) is 0.286. The highest BCUT2D eigenvalue weighted by Crippen LogP contribution is 2.31. The minimum absolute atomic E-state index is 0.0357. The number of amidine groups is 1. The van der Waals surface area contributed by atoms with Crippen LogP contribution < -0.4 is 5.32 Å². The predicted octanol–water partition coefficient (Wildman–Crippen LogP) is 3.73. The third-order valence-corrected chi connectivity index (χ3v) is 5.33. The monoisotopic (exact) mass is 381 g/mol. The number of para-hydroxylation sites is 1. The van der Waals surface area contributed by atoms with Gasteiger partial charge in [0.15, 0.2) is 5.17 Å². The van der Waals surface area contributed by atoms with E-state index < -0.39 is 5.25 Å². The highest BCUT2D eigenvalue weighted by atomic mass is 32.2. The van der Waals surface area contributed by atoms with Crippen LogP contribution in [-0.4, -0.2) is 33.7 Å². The van der Waals surface area contributed by atoms with Crippen LogP contribution in [0.1, 0.15) is 25.3 Å². The van der Waals surface area contributed by atoms with Crippen LogP contribution in [-0.2, 0) is 16.1 Å². The number of rotatable bonds is 7. The minimum atomic E-state index is -0.421. The van der Waals surface area contributed by atoms with Gasteiger partial charge in [-0.2, -0.15) is 0 Å². The van der Waals surface area contributed by atoms with Gasteiger partial charge in [0.05, 0.1) is 5.69 Å². The molecule has 0 radical (unpaired) electrons. The topological polar surface area (TPSA) is 61.8 Å². The van der Waals surface area contributed by atoms with Crippen molar-refractivity contribution in [2.24, 2.45) is 4.99 Å². The lowest BCUT2D eigenvalue weighted by molar-refractivity contribution is -0.129. The van der Waals surface area contributed by atoms with E-state index in [2.05, 4.69) is 10.3 Å². The third kappa shape index (κ3) is 5.20. The molecule has 1 fully saturated rings. The summed E-state index contributed by atoms with van der Waals surface area (Å²) < 4.78 is 0. The molecule has 3 rings (SSSR count). The van der Waals surface area contributed by atoms with Crippen LogP contribution >= 0.6 is 11.8 Å². The van der Waals surface area contributed by atoms with Gasteiger partial charge in [0.1, 0.15) is 5.25 Å². The lowest BCUT2D eigenvalue weighted by Gasteiger charge is -2.15. The number of hydrogen-bond donors (Lipinski definition) is 1. The van der Waals surface area contributed by atoms with Gasteiger partial charge in [-0.05, 0) is 24.1 Å². The van der Waals surface area contributed by atoms with Gasteiger partial charge in [-0.25, -0.2) is 4.99 Å². The van der Waals surface area contributed by atoms with Crippen molar-refractivity contribution < 1.29 is 9.59 Å². The van der Waals surface area contributed by atoms with Crippen molar-refractivity contribution in [2.75, 3.05) is 6.54 Å². The van der Waals surface area contributed by atoms with E-state index in [0.29, 0.717) is 18.3 Å². The summed E-state index contributed by atoms with van der Waals surface area (Å²) in [7, 11) is 0. The molecular weight excluding hydrogens is 358 g/mol. The zero-order chi connectivity index (χ0) is 19.1. The summed E-state index contributed by atoms with van der Waals surface area (Å²) >= 11 is 1.38. The molecule has 140 valence electrons. The van der Waals surface area contributed by atoms with E-state index in [1.807, 2.05) is 67.6 Å². The van der Waals surface area contributed by atoms with Crippen molar-refractivity contribution in [1.82, 2.24) is 10.2 Å². The minimum Gasteiger partial charge on any atom is -0.352 e. The number of nitrogens with one attached hydrogen (secondary N) is 1. The molecule has 1 aliphatic rings. The molecular formula is C21H23N3O2S. The van der Waals surface area contributed by atoms with Gasteiger partial charge in [0.25, 0.3) is 0 Å². The average molecular weight is 382 g/mol. The van der Waals surface area contributed by atoms with Crippen molar-refractivity contribution in [1.29, 1.82) is 0 Å². The van der Waals surface area contributed by atoms with Crippen LogP contribution in [0.15, 0.2) is 65.7 Å². The van der Waals surface area contributed by atoms with Crippen molar-refractivity contribution >= 4 is 34.4 Å². The Labute approximate surface area is 163 Å². The number of amides is 2. The van der Waals surface area contributed by atoms with Crippen LogP contribution in [0, 0.1) is 0 Å². The quantitative estimate of drug-likeness (QED) is 0.795. The molecule has 0 bridgehead atoms. The molecule has 1 saturated heterocycles. The van der Waals surface area contributed by atoms with Crippen LogP contribution in [0.4, 0.5) is 5.69 Å². The maximum absolute atomic E-state index is 12.8. The Hall–Kier alpha value is -2.60. The van der Waals surface area contributed by atoms with Gasteiger partial charge in [-0.3, -0.25) is 14.5 Å². The summed E-state index contributed by atoms with van der Waals surface area (Å²) in [6.07, 6.45) is 0.997. The summed E-state index contributed by atoms with van der Waals surface area (Å²) in [5.74, 6) is -0.159. The number of benzene rings is 2. The van der Waals surface area contributed by atoms with Gasteiger partial charge in [-0.15, -0.1) is 0 Å². The van der Waals surface area contributed by atoms with E-state index >= 15 is 0 Å². The number of carbonyl (C=O) groups is 2. The lowest BCUT2D eigenvalue weighted by Crippen LogP contribution is -2.35. The molecule has 1 aliphatic heterocycles. The first kappa shape index (κ1) is 19.2. The van der Waals surface area contributed by atoms with Gasteiger partial charge >= 0.3 is 0 Å². The molecule has 5 nitrogen and oxygen atoms in total.